The van der Waals surface area contributed by atoms with E-state index in [1.165, 1.54) is 24.3 Å². The van der Waals surface area contributed by atoms with Crippen LogP contribution in [0.1, 0.15) is 0 Å². The molecule has 0 amide bonds. The average molecular weight is 359 g/mol. The molecule has 0 unspecified atom stereocenters. The molecule has 0 aliphatic carbocycles. The second-order valence-electron chi connectivity index (χ2n) is 5.73. The molecule has 0 aliphatic rings. The molecule has 0 atom stereocenters. The maximum atomic E-state index is 10.9. The number of benzene rings is 2. The van der Waals surface area contributed by atoms with Gasteiger partial charge in [-0.15, -0.1) is 10.2 Å². The molecule has 2 aromatic heterocycles. The molecule has 0 bridgehead atoms. The Morgan fingerprint density at radius 3 is 2.41 bits per heavy atom. The molecular weight excluding hydrogens is 346 g/mol. The van der Waals surface area contributed by atoms with Crippen LogP contribution in [0.2, 0.25) is 0 Å². The van der Waals surface area contributed by atoms with Gasteiger partial charge in [0.1, 0.15) is 17.1 Å². The first-order chi connectivity index (χ1) is 13.1. The Hall–Kier alpha value is -4.07. The van der Waals surface area contributed by atoms with Crippen LogP contribution in [0.15, 0.2) is 83.2 Å². The molecule has 0 fully saturated rings. The van der Waals surface area contributed by atoms with Crippen LogP contribution in [0.3, 0.4) is 0 Å². The van der Waals surface area contributed by atoms with Crippen molar-refractivity contribution in [3.05, 3.63) is 83.0 Å². The van der Waals surface area contributed by atoms with Gasteiger partial charge in [-0.3, -0.25) is 14.5 Å². The molecule has 132 valence electrons. The minimum atomic E-state index is -0.446. The molecule has 8 heteroatoms. The van der Waals surface area contributed by atoms with Crippen molar-refractivity contribution in [3.8, 4) is 17.0 Å². The number of rotatable bonds is 4. The van der Waals surface area contributed by atoms with Crippen molar-refractivity contribution in [3.63, 3.8) is 0 Å². The lowest BCUT2D eigenvalue weighted by molar-refractivity contribution is -0.384. The van der Waals surface area contributed by atoms with Crippen molar-refractivity contribution in [2.75, 3.05) is 0 Å². The van der Waals surface area contributed by atoms with Gasteiger partial charge < -0.3 is 5.11 Å². The van der Waals surface area contributed by atoms with Crippen LogP contribution in [0.25, 0.3) is 16.9 Å². The van der Waals surface area contributed by atoms with Gasteiger partial charge in [0.25, 0.3) is 5.69 Å². The third kappa shape index (κ3) is 3.23. The van der Waals surface area contributed by atoms with E-state index in [4.69, 9.17) is 0 Å². The van der Waals surface area contributed by atoms with Crippen molar-refractivity contribution in [1.82, 2.24) is 9.38 Å². The summed E-state index contributed by atoms with van der Waals surface area (Å²) in [6.45, 7) is 0. The van der Waals surface area contributed by atoms with Gasteiger partial charge in [-0.2, -0.15) is 0 Å². The molecule has 2 aromatic carbocycles. The second-order valence-corrected chi connectivity index (χ2v) is 5.73. The predicted octanol–water partition coefficient (Wildman–Crippen LogP) is 5.03. The summed E-state index contributed by atoms with van der Waals surface area (Å²) in [7, 11) is 0. The SMILES string of the molecule is O=[N+]([O-])c1ccc(-c2nc3ccccn3c2N=Nc2ccc(O)cc2)cc1. The van der Waals surface area contributed by atoms with Crippen molar-refractivity contribution < 1.29 is 10.0 Å². The fraction of sp³-hybridized carbons (Fsp3) is 0. The van der Waals surface area contributed by atoms with Gasteiger partial charge in [0.15, 0.2) is 5.82 Å². The number of non-ortho nitro benzene ring substituents is 1. The Balaban J connectivity index is 1.81. The smallest absolute Gasteiger partial charge is 0.269 e. The van der Waals surface area contributed by atoms with Crippen LogP contribution in [0.5, 0.6) is 5.75 Å². The standard InChI is InChI=1S/C19H13N5O3/c25-16-10-6-14(7-11-16)21-22-19-18(20-17-3-1-2-12-23(17)19)13-4-8-15(9-5-13)24(26)27/h1-12,25H. The van der Waals surface area contributed by atoms with Crippen molar-refractivity contribution in [1.29, 1.82) is 0 Å². The van der Waals surface area contributed by atoms with E-state index in [0.29, 0.717) is 28.4 Å². The van der Waals surface area contributed by atoms with Gasteiger partial charge in [-0.1, -0.05) is 6.07 Å². The highest BCUT2D eigenvalue weighted by molar-refractivity contribution is 5.75. The first-order valence-electron chi connectivity index (χ1n) is 8.04. The summed E-state index contributed by atoms with van der Waals surface area (Å²) in [6, 6.07) is 18.0. The molecule has 0 spiro atoms. The normalized spacial score (nSPS) is 11.3. The third-order valence-electron chi connectivity index (χ3n) is 3.97. The summed E-state index contributed by atoms with van der Waals surface area (Å²) in [5.74, 6) is 0.655. The summed E-state index contributed by atoms with van der Waals surface area (Å²) < 4.78 is 1.79. The molecule has 0 saturated carbocycles. The van der Waals surface area contributed by atoms with Gasteiger partial charge in [0.2, 0.25) is 0 Å². The highest BCUT2D eigenvalue weighted by Gasteiger charge is 2.15. The van der Waals surface area contributed by atoms with Crippen LogP contribution < -0.4 is 0 Å². The molecule has 8 nitrogen and oxygen atoms in total. The minimum Gasteiger partial charge on any atom is -0.508 e. The number of azo groups is 1. The monoisotopic (exact) mass is 359 g/mol. The van der Waals surface area contributed by atoms with Crippen LogP contribution in [-0.2, 0) is 0 Å². The fourth-order valence-electron chi connectivity index (χ4n) is 2.64. The number of phenolic OH excluding ortho intramolecular Hbond substituents is 1. The lowest BCUT2D eigenvalue weighted by Gasteiger charge is -2.00. The molecule has 0 aliphatic heterocycles. The fourth-order valence-corrected chi connectivity index (χ4v) is 2.64. The molecule has 27 heavy (non-hydrogen) atoms. The third-order valence-corrected chi connectivity index (χ3v) is 3.97. The molecule has 2 heterocycles. The van der Waals surface area contributed by atoms with E-state index in [-0.39, 0.29) is 11.4 Å². The topological polar surface area (TPSA) is 105 Å². The maximum Gasteiger partial charge on any atom is 0.269 e. The van der Waals surface area contributed by atoms with Crippen LogP contribution >= 0.6 is 0 Å². The van der Waals surface area contributed by atoms with Gasteiger partial charge in [-0.25, -0.2) is 4.98 Å². The molecule has 4 rings (SSSR count). The van der Waals surface area contributed by atoms with Crippen molar-refractivity contribution in [2.45, 2.75) is 0 Å². The highest BCUT2D eigenvalue weighted by atomic mass is 16.6. The Morgan fingerprint density at radius 2 is 1.70 bits per heavy atom. The number of nitro groups is 1. The average Bonchev–Trinajstić information content (AvgIpc) is 3.06. The minimum absolute atomic E-state index is 0.00906. The van der Waals surface area contributed by atoms with E-state index >= 15 is 0 Å². The van der Waals surface area contributed by atoms with E-state index < -0.39 is 4.92 Å². The van der Waals surface area contributed by atoms with E-state index in [1.54, 1.807) is 28.7 Å². The molecule has 4 aromatic rings. The Labute approximate surface area is 153 Å². The highest BCUT2D eigenvalue weighted by Crippen LogP contribution is 2.33. The number of hydrogen-bond acceptors (Lipinski definition) is 6. The zero-order valence-corrected chi connectivity index (χ0v) is 13.9. The van der Waals surface area contributed by atoms with Crippen LogP contribution in [0.4, 0.5) is 17.2 Å². The largest absolute Gasteiger partial charge is 0.508 e. The molecule has 1 N–H and O–H groups in total. The lowest BCUT2D eigenvalue weighted by atomic mass is 10.1. The number of nitrogens with zero attached hydrogens (tertiary/aromatic N) is 5. The molecule has 0 radical (unpaired) electrons. The number of hydrogen-bond donors (Lipinski definition) is 1. The number of imidazole rings is 1. The first-order valence-corrected chi connectivity index (χ1v) is 8.04. The van der Waals surface area contributed by atoms with E-state index in [1.807, 2.05) is 24.4 Å². The van der Waals surface area contributed by atoms with Crippen molar-refractivity contribution >= 4 is 22.8 Å². The number of aromatic nitrogens is 2. The molecular formula is C19H13N5O3. The number of aromatic hydroxyl groups is 1. The predicted molar refractivity (Wildman–Crippen MR) is 99.6 cm³/mol. The number of nitro benzene ring substituents is 1. The number of pyridine rings is 1. The Morgan fingerprint density at radius 1 is 0.963 bits per heavy atom. The number of fused-ring (bicyclic) bond motifs is 1. The van der Waals surface area contributed by atoms with E-state index in [2.05, 4.69) is 15.2 Å². The lowest BCUT2D eigenvalue weighted by Crippen LogP contribution is -1.87. The van der Waals surface area contributed by atoms with Crippen LogP contribution in [0, 0.1) is 10.1 Å². The van der Waals surface area contributed by atoms with Crippen LogP contribution in [-0.4, -0.2) is 19.4 Å². The summed E-state index contributed by atoms with van der Waals surface area (Å²) in [4.78, 5) is 15.0. The summed E-state index contributed by atoms with van der Waals surface area (Å²) >= 11 is 0. The van der Waals surface area contributed by atoms with Gasteiger partial charge in [0, 0.05) is 23.9 Å². The van der Waals surface area contributed by atoms with Gasteiger partial charge >= 0.3 is 0 Å². The Bertz CT molecular complexity index is 1150. The summed E-state index contributed by atoms with van der Waals surface area (Å²) in [5, 5.41) is 28.8. The van der Waals surface area contributed by atoms with E-state index in [0.717, 1.165) is 0 Å². The zero-order valence-electron chi connectivity index (χ0n) is 13.9. The summed E-state index contributed by atoms with van der Waals surface area (Å²) in [5.41, 5.74) is 2.54. The van der Waals surface area contributed by atoms with Gasteiger partial charge in [0.05, 0.1) is 10.6 Å². The summed E-state index contributed by atoms with van der Waals surface area (Å²) in [6.07, 6.45) is 1.82. The maximum absolute atomic E-state index is 10.9. The quantitative estimate of drug-likeness (QED) is 0.313. The number of phenols is 1. The van der Waals surface area contributed by atoms with Gasteiger partial charge in [-0.05, 0) is 48.5 Å². The Kier molecular flexibility index (Phi) is 4.06. The molecule has 0 saturated heterocycles. The zero-order chi connectivity index (χ0) is 18.8. The second kappa shape index (κ2) is 6.68. The first kappa shape index (κ1) is 16.4. The van der Waals surface area contributed by atoms with E-state index in [9.17, 15) is 15.2 Å². The van der Waals surface area contributed by atoms with Crippen molar-refractivity contribution in [2.24, 2.45) is 10.2 Å².